The maximum atomic E-state index is 12.1. The number of carbonyl (C=O) groups is 1. The smallest absolute Gasteiger partial charge is 0.234 e. The van der Waals surface area contributed by atoms with Crippen LogP contribution in [0.4, 0.5) is 0 Å². The fourth-order valence-electron chi connectivity index (χ4n) is 4.09. The van der Waals surface area contributed by atoms with Crippen LogP contribution < -0.4 is 5.32 Å². The number of fused-ring (bicyclic) bond motifs is 2. The number of amides is 1. The molecule has 118 valence electrons. The van der Waals surface area contributed by atoms with Gasteiger partial charge in [0.2, 0.25) is 5.91 Å². The Morgan fingerprint density at radius 2 is 2.00 bits per heavy atom. The van der Waals surface area contributed by atoms with Gasteiger partial charge in [0.05, 0.1) is 12.2 Å². The predicted molar refractivity (Wildman–Crippen MR) is 82.0 cm³/mol. The molecule has 2 N–H and O–H groups in total. The monoisotopic (exact) mass is 301 g/mol. The summed E-state index contributed by atoms with van der Waals surface area (Å²) in [7, 11) is 0. The van der Waals surface area contributed by atoms with E-state index in [0.29, 0.717) is 25.4 Å². The van der Waals surface area contributed by atoms with E-state index in [9.17, 15) is 9.90 Å². The van der Waals surface area contributed by atoms with Gasteiger partial charge in [-0.15, -0.1) is 0 Å². The number of aliphatic hydroxyl groups is 1. The van der Waals surface area contributed by atoms with Crippen LogP contribution in [0.3, 0.4) is 0 Å². The number of hydrogen-bond donors (Lipinski definition) is 2. The largest absolute Gasteiger partial charge is 0.383 e. The minimum absolute atomic E-state index is 0.141. The summed E-state index contributed by atoms with van der Waals surface area (Å²) in [6, 6.07) is 6.71. The number of hydrogen-bond acceptors (Lipinski definition) is 4. The summed E-state index contributed by atoms with van der Waals surface area (Å²) >= 11 is 0. The van der Waals surface area contributed by atoms with Crippen LogP contribution in [0.5, 0.6) is 0 Å². The van der Waals surface area contributed by atoms with Gasteiger partial charge in [-0.25, -0.2) is 0 Å². The number of pyridine rings is 1. The van der Waals surface area contributed by atoms with E-state index in [1.54, 1.807) is 6.20 Å². The Balaban J connectivity index is 1.46. The van der Waals surface area contributed by atoms with Crippen molar-refractivity contribution in [1.82, 2.24) is 15.2 Å². The average molecular weight is 301 g/mol. The van der Waals surface area contributed by atoms with E-state index in [0.717, 1.165) is 31.4 Å². The molecule has 1 amide bonds. The normalized spacial score (nSPS) is 34.6. The Morgan fingerprint density at radius 3 is 2.59 bits per heavy atom. The van der Waals surface area contributed by atoms with Gasteiger partial charge < -0.3 is 10.4 Å². The highest BCUT2D eigenvalue weighted by Gasteiger charge is 2.49. The van der Waals surface area contributed by atoms with E-state index < -0.39 is 5.60 Å². The lowest BCUT2D eigenvalue weighted by molar-refractivity contribution is -0.126. The van der Waals surface area contributed by atoms with Gasteiger partial charge in [-0.2, -0.15) is 0 Å². The summed E-state index contributed by atoms with van der Waals surface area (Å²) in [6.07, 6.45) is 7.47. The third-order valence-corrected chi connectivity index (χ3v) is 5.33. The number of nitrogens with one attached hydrogen (secondary N) is 1. The standard InChI is InChI=1S/C17H23N3O2/c21-16(19-12-4-5-12)11-20-13-6-7-14(20)10-17(22,9-13)15-3-1-2-8-18-15/h1-3,8,12-14,22H,4-7,9-11H2,(H,19,21). The number of piperidine rings is 1. The third-order valence-electron chi connectivity index (χ3n) is 5.33. The maximum Gasteiger partial charge on any atom is 0.234 e. The predicted octanol–water partition coefficient (Wildman–Crippen LogP) is 1.17. The van der Waals surface area contributed by atoms with Crippen molar-refractivity contribution in [3.8, 4) is 0 Å². The second kappa shape index (κ2) is 5.32. The molecule has 2 saturated heterocycles. The summed E-state index contributed by atoms with van der Waals surface area (Å²) in [5, 5.41) is 14.1. The molecule has 22 heavy (non-hydrogen) atoms. The number of aromatic nitrogens is 1. The van der Waals surface area contributed by atoms with Gasteiger partial charge in [-0.1, -0.05) is 6.07 Å². The van der Waals surface area contributed by atoms with Gasteiger partial charge in [-0.3, -0.25) is 14.7 Å². The Morgan fingerprint density at radius 1 is 1.27 bits per heavy atom. The van der Waals surface area contributed by atoms with Crippen LogP contribution in [-0.4, -0.2) is 45.6 Å². The lowest BCUT2D eigenvalue weighted by Crippen LogP contribution is -2.52. The Bertz CT molecular complexity index is 544. The van der Waals surface area contributed by atoms with Crippen molar-refractivity contribution in [1.29, 1.82) is 0 Å². The molecule has 0 aromatic carbocycles. The molecule has 5 heteroatoms. The zero-order valence-electron chi connectivity index (χ0n) is 12.7. The molecule has 1 aromatic rings. The summed E-state index contributed by atoms with van der Waals surface area (Å²) in [5.41, 5.74) is -0.0645. The highest BCUT2D eigenvalue weighted by atomic mass is 16.3. The number of nitrogens with zero attached hydrogens (tertiary/aromatic N) is 2. The zero-order chi connectivity index (χ0) is 15.2. The van der Waals surface area contributed by atoms with Crippen molar-refractivity contribution in [2.45, 2.75) is 62.3 Å². The molecule has 3 heterocycles. The van der Waals surface area contributed by atoms with Gasteiger partial charge in [0.25, 0.3) is 0 Å². The third kappa shape index (κ3) is 2.63. The minimum atomic E-state index is -0.837. The first-order chi connectivity index (χ1) is 10.6. The van der Waals surface area contributed by atoms with Crippen LogP contribution in [0.2, 0.25) is 0 Å². The van der Waals surface area contributed by atoms with Crippen molar-refractivity contribution >= 4 is 5.91 Å². The van der Waals surface area contributed by atoms with Gasteiger partial charge in [-0.05, 0) is 50.7 Å². The number of carbonyl (C=O) groups excluding carboxylic acids is 1. The minimum Gasteiger partial charge on any atom is -0.383 e. The molecule has 0 radical (unpaired) electrons. The maximum absolute atomic E-state index is 12.1. The Kier molecular flexibility index (Phi) is 3.42. The first-order valence-electron chi connectivity index (χ1n) is 8.33. The molecule has 1 saturated carbocycles. The van der Waals surface area contributed by atoms with Crippen molar-refractivity contribution in [2.24, 2.45) is 0 Å². The Labute approximate surface area is 130 Å². The van der Waals surface area contributed by atoms with E-state index in [1.807, 2.05) is 18.2 Å². The summed E-state index contributed by atoms with van der Waals surface area (Å²) in [6.45, 7) is 0.476. The SMILES string of the molecule is O=C(CN1C2CCC1CC(O)(c1ccccn1)C2)NC1CC1. The van der Waals surface area contributed by atoms with E-state index in [1.165, 1.54) is 0 Å². The molecule has 2 aliphatic heterocycles. The molecule has 2 bridgehead atoms. The van der Waals surface area contributed by atoms with E-state index >= 15 is 0 Å². The molecular formula is C17H23N3O2. The van der Waals surface area contributed by atoms with E-state index in [-0.39, 0.29) is 18.0 Å². The fourth-order valence-corrected chi connectivity index (χ4v) is 4.09. The van der Waals surface area contributed by atoms with Crippen LogP contribution in [0, 0.1) is 0 Å². The quantitative estimate of drug-likeness (QED) is 0.876. The zero-order valence-corrected chi connectivity index (χ0v) is 12.7. The summed E-state index contributed by atoms with van der Waals surface area (Å²) in [5.74, 6) is 0.141. The lowest BCUT2D eigenvalue weighted by Gasteiger charge is -2.43. The molecule has 3 fully saturated rings. The first kappa shape index (κ1) is 14.2. The fraction of sp³-hybridized carbons (Fsp3) is 0.647. The van der Waals surface area contributed by atoms with Gasteiger partial charge in [0.15, 0.2) is 0 Å². The van der Waals surface area contributed by atoms with E-state index in [2.05, 4.69) is 15.2 Å². The highest BCUT2D eigenvalue weighted by Crippen LogP contribution is 2.44. The number of rotatable bonds is 4. The molecule has 5 nitrogen and oxygen atoms in total. The Hall–Kier alpha value is -1.46. The molecule has 2 unspecified atom stereocenters. The van der Waals surface area contributed by atoms with Crippen LogP contribution in [0.25, 0.3) is 0 Å². The highest BCUT2D eigenvalue weighted by molar-refractivity contribution is 5.78. The molecule has 1 aromatic heterocycles. The van der Waals surface area contributed by atoms with Crippen LogP contribution >= 0.6 is 0 Å². The van der Waals surface area contributed by atoms with Crippen molar-refractivity contribution in [3.63, 3.8) is 0 Å². The van der Waals surface area contributed by atoms with Gasteiger partial charge in [0, 0.05) is 24.3 Å². The second-order valence-electron chi connectivity index (χ2n) is 7.05. The summed E-state index contributed by atoms with van der Waals surface area (Å²) < 4.78 is 0. The summed E-state index contributed by atoms with van der Waals surface area (Å²) in [4.78, 5) is 18.7. The molecule has 3 aliphatic rings. The second-order valence-corrected chi connectivity index (χ2v) is 7.05. The molecule has 0 spiro atoms. The van der Waals surface area contributed by atoms with Crippen molar-refractivity contribution in [3.05, 3.63) is 30.1 Å². The van der Waals surface area contributed by atoms with Crippen molar-refractivity contribution in [2.75, 3.05) is 6.54 Å². The van der Waals surface area contributed by atoms with E-state index in [4.69, 9.17) is 0 Å². The topological polar surface area (TPSA) is 65.5 Å². The lowest BCUT2D eigenvalue weighted by atomic mass is 9.83. The first-order valence-corrected chi connectivity index (χ1v) is 8.33. The van der Waals surface area contributed by atoms with Crippen molar-refractivity contribution < 1.29 is 9.90 Å². The average Bonchev–Trinajstić information content (AvgIpc) is 3.28. The molecule has 2 atom stereocenters. The molecule has 1 aliphatic carbocycles. The molecule has 4 rings (SSSR count). The molecular weight excluding hydrogens is 278 g/mol. The van der Waals surface area contributed by atoms with Gasteiger partial charge >= 0.3 is 0 Å². The van der Waals surface area contributed by atoms with Crippen LogP contribution in [-0.2, 0) is 10.4 Å². The van der Waals surface area contributed by atoms with Crippen LogP contribution in [0.1, 0.15) is 44.2 Å². The van der Waals surface area contributed by atoms with Crippen LogP contribution in [0.15, 0.2) is 24.4 Å². The van der Waals surface area contributed by atoms with Gasteiger partial charge in [0.1, 0.15) is 5.60 Å².